The Kier molecular flexibility index (Phi) is 6.88. The van der Waals surface area contributed by atoms with Crippen LogP contribution in [-0.4, -0.2) is 30.4 Å². The van der Waals surface area contributed by atoms with E-state index in [1.165, 1.54) is 24.3 Å². The van der Waals surface area contributed by atoms with Crippen molar-refractivity contribution in [2.75, 3.05) is 19.6 Å². The molecule has 2 saturated heterocycles. The number of fused-ring (bicyclic) bond motifs is 1. The van der Waals surface area contributed by atoms with E-state index < -0.39 is 0 Å². The average Bonchev–Trinajstić information content (AvgIpc) is 3.20. The number of hydrogen-bond acceptors (Lipinski definition) is 3. The van der Waals surface area contributed by atoms with Crippen molar-refractivity contribution in [2.45, 2.75) is 31.2 Å². The quantitative estimate of drug-likeness (QED) is 0.565. The van der Waals surface area contributed by atoms with Gasteiger partial charge in [0.15, 0.2) is 0 Å². The van der Waals surface area contributed by atoms with Gasteiger partial charge in [-0.1, -0.05) is 18.2 Å². The van der Waals surface area contributed by atoms with E-state index in [-0.39, 0.29) is 41.3 Å². The molecule has 4 nitrogen and oxygen atoms in total. The number of carbonyl (C=O) groups is 1. The average molecular weight is 482 g/mol. The van der Waals surface area contributed by atoms with Crippen molar-refractivity contribution in [2.24, 2.45) is 5.92 Å². The normalized spacial score (nSPS) is 19.6. The maximum atomic E-state index is 13.8. The van der Waals surface area contributed by atoms with Gasteiger partial charge in [-0.05, 0) is 90.6 Å². The third kappa shape index (κ3) is 4.26. The Labute approximate surface area is 204 Å². The number of nitrogens with one attached hydrogen (secondary N) is 1. The predicted octanol–water partition coefficient (Wildman–Crippen LogP) is 5.08. The number of nitrogens with zero attached hydrogens (tertiary/aromatic N) is 2. The van der Waals surface area contributed by atoms with Crippen molar-refractivity contribution >= 4 is 29.1 Å². The molecule has 0 aliphatic carbocycles. The Balaban J connectivity index is 0.00000274. The molecule has 0 radical (unpaired) electrons. The van der Waals surface area contributed by atoms with Crippen molar-refractivity contribution in [3.8, 4) is 6.07 Å². The Morgan fingerprint density at radius 1 is 1.03 bits per heavy atom. The van der Waals surface area contributed by atoms with Crippen LogP contribution in [0.4, 0.5) is 8.78 Å². The molecule has 1 atom stereocenters. The van der Waals surface area contributed by atoms with Crippen LogP contribution in [0.3, 0.4) is 0 Å². The highest BCUT2D eigenvalue weighted by Gasteiger charge is 2.49. The van der Waals surface area contributed by atoms with Crippen LogP contribution in [0.25, 0.3) is 10.8 Å². The van der Waals surface area contributed by atoms with Gasteiger partial charge in [-0.2, -0.15) is 5.26 Å². The number of halogens is 3. The summed E-state index contributed by atoms with van der Waals surface area (Å²) in [5, 5.41) is 14.3. The molecule has 1 amide bonds. The molecule has 1 N–H and O–H groups in total. The van der Waals surface area contributed by atoms with E-state index in [1.54, 1.807) is 18.2 Å². The van der Waals surface area contributed by atoms with Crippen LogP contribution >= 0.6 is 12.4 Å². The minimum atomic E-state index is -0.354. The van der Waals surface area contributed by atoms with Crippen molar-refractivity contribution in [3.63, 3.8) is 0 Å². The van der Waals surface area contributed by atoms with Gasteiger partial charge in [-0.25, -0.2) is 8.78 Å². The van der Waals surface area contributed by atoms with E-state index >= 15 is 0 Å². The molecule has 0 spiro atoms. The van der Waals surface area contributed by atoms with E-state index in [4.69, 9.17) is 0 Å². The van der Waals surface area contributed by atoms with Gasteiger partial charge in [0.1, 0.15) is 11.6 Å². The topological polar surface area (TPSA) is 56.1 Å². The molecule has 2 aliphatic rings. The van der Waals surface area contributed by atoms with Crippen molar-refractivity contribution < 1.29 is 13.6 Å². The number of piperidine rings is 1. The fourth-order valence-electron chi connectivity index (χ4n) is 5.72. The molecule has 0 saturated carbocycles. The van der Waals surface area contributed by atoms with E-state index in [1.807, 2.05) is 17.0 Å². The monoisotopic (exact) mass is 481 g/mol. The number of amides is 1. The number of benzene rings is 3. The molecule has 7 heteroatoms. The van der Waals surface area contributed by atoms with Gasteiger partial charge in [0, 0.05) is 24.4 Å². The van der Waals surface area contributed by atoms with Crippen LogP contribution < -0.4 is 5.32 Å². The molecule has 2 aliphatic heterocycles. The molecule has 2 heterocycles. The molecule has 2 fully saturated rings. The lowest BCUT2D eigenvalue weighted by Crippen LogP contribution is -2.47. The zero-order valence-electron chi connectivity index (χ0n) is 18.7. The second-order valence-corrected chi connectivity index (χ2v) is 9.13. The van der Waals surface area contributed by atoms with Crippen molar-refractivity contribution in [1.29, 1.82) is 5.26 Å². The van der Waals surface area contributed by atoms with E-state index in [0.717, 1.165) is 48.9 Å². The fourth-order valence-corrected chi connectivity index (χ4v) is 5.72. The smallest absolute Gasteiger partial charge is 0.226 e. The van der Waals surface area contributed by atoms with Gasteiger partial charge in [0.05, 0.1) is 11.6 Å². The van der Waals surface area contributed by atoms with Gasteiger partial charge in [0.25, 0.3) is 0 Å². The molecule has 5 rings (SSSR count). The third-order valence-corrected chi connectivity index (χ3v) is 7.37. The van der Waals surface area contributed by atoms with Crippen molar-refractivity contribution in [1.82, 2.24) is 10.2 Å². The van der Waals surface area contributed by atoms with E-state index in [2.05, 4.69) is 11.4 Å². The lowest BCUT2D eigenvalue weighted by molar-refractivity contribution is -0.133. The molecule has 34 heavy (non-hydrogen) atoms. The van der Waals surface area contributed by atoms with Gasteiger partial charge in [0.2, 0.25) is 5.91 Å². The van der Waals surface area contributed by atoms with Crippen LogP contribution in [0.2, 0.25) is 0 Å². The minimum Gasteiger partial charge on any atom is -0.338 e. The number of hydrogen-bond donors (Lipinski definition) is 1. The van der Waals surface area contributed by atoms with Gasteiger partial charge < -0.3 is 10.2 Å². The first-order valence-corrected chi connectivity index (χ1v) is 11.4. The van der Waals surface area contributed by atoms with Crippen molar-refractivity contribution in [3.05, 3.63) is 82.9 Å². The zero-order valence-corrected chi connectivity index (χ0v) is 19.5. The first kappa shape index (κ1) is 24.1. The first-order valence-electron chi connectivity index (χ1n) is 11.4. The van der Waals surface area contributed by atoms with Crippen LogP contribution in [0.5, 0.6) is 0 Å². The summed E-state index contributed by atoms with van der Waals surface area (Å²) in [5.41, 5.74) is 2.01. The Morgan fingerprint density at radius 2 is 1.74 bits per heavy atom. The lowest BCUT2D eigenvalue weighted by atomic mass is 9.64. The van der Waals surface area contributed by atoms with Crippen LogP contribution in [-0.2, 0) is 16.8 Å². The predicted molar refractivity (Wildman–Crippen MR) is 130 cm³/mol. The number of nitriles is 1. The summed E-state index contributed by atoms with van der Waals surface area (Å²) in [4.78, 5) is 15.6. The first-order chi connectivity index (χ1) is 16.0. The van der Waals surface area contributed by atoms with E-state index in [0.29, 0.717) is 24.0 Å². The van der Waals surface area contributed by atoms with Gasteiger partial charge >= 0.3 is 0 Å². The molecule has 1 unspecified atom stereocenters. The summed E-state index contributed by atoms with van der Waals surface area (Å²) in [6, 6.07) is 16.8. The molecule has 176 valence electrons. The number of likely N-dealkylation sites (tertiary alicyclic amines) is 1. The standard InChI is InChI=1S/C27H25F2N3O.ClH/c28-22-3-1-21(2-4-22)27(8-10-31-11-9-27)25-7-12-32(26(25)33)17-20-14-18(16-30)13-19-15-23(29)5-6-24(19)20;/h1-6,13-15,25,31H,7-12,17H2;1H. The summed E-state index contributed by atoms with van der Waals surface area (Å²) >= 11 is 0. The SMILES string of the molecule is Cl.N#Cc1cc(CN2CCC(C3(c4ccc(F)cc4)CCNCC3)C2=O)c2ccc(F)cc2c1. The zero-order chi connectivity index (χ0) is 23.0. The summed E-state index contributed by atoms with van der Waals surface area (Å²) in [5.74, 6) is -0.706. The second kappa shape index (κ2) is 9.69. The molecule has 3 aromatic rings. The highest BCUT2D eigenvalue weighted by atomic mass is 35.5. The Morgan fingerprint density at radius 3 is 2.44 bits per heavy atom. The van der Waals surface area contributed by atoms with Crippen LogP contribution in [0.15, 0.2) is 54.6 Å². The van der Waals surface area contributed by atoms with Crippen LogP contribution in [0.1, 0.15) is 36.0 Å². The van der Waals surface area contributed by atoms with Gasteiger partial charge in [-0.15, -0.1) is 12.4 Å². The maximum Gasteiger partial charge on any atom is 0.226 e. The largest absolute Gasteiger partial charge is 0.338 e. The summed E-state index contributed by atoms with van der Waals surface area (Å²) in [6.45, 7) is 2.65. The summed E-state index contributed by atoms with van der Waals surface area (Å²) < 4.78 is 27.4. The molecular formula is C27H26ClF2N3O. The number of carbonyl (C=O) groups excluding carboxylic acids is 1. The lowest BCUT2D eigenvalue weighted by Gasteiger charge is -2.42. The molecule has 0 bridgehead atoms. The maximum absolute atomic E-state index is 13.8. The number of rotatable bonds is 4. The second-order valence-electron chi connectivity index (χ2n) is 9.13. The minimum absolute atomic E-state index is 0. The van der Waals surface area contributed by atoms with E-state index in [9.17, 15) is 18.8 Å². The molecular weight excluding hydrogens is 456 g/mol. The summed E-state index contributed by atoms with van der Waals surface area (Å²) in [6.07, 6.45) is 2.39. The molecule has 0 aromatic heterocycles. The fraction of sp³-hybridized carbons (Fsp3) is 0.333. The molecule has 3 aromatic carbocycles. The summed E-state index contributed by atoms with van der Waals surface area (Å²) in [7, 11) is 0. The third-order valence-electron chi connectivity index (χ3n) is 7.37. The van der Waals surface area contributed by atoms with Gasteiger partial charge in [-0.3, -0.25) is 4.79 Å². The highest BCUT2D eigenvalue weighted by Crippen LogP contribution is 2.45. The Hall–Kier alpha value is -3.01. The highest BCUT2D eigenvalue weighted by molar-refractivity contribution is 5.88. The van der Waals surface area contributed by atoms with Crippen LogP contribution in [0, 0.1) is 28.9 Å². The Bertz CT molecular complexity index is 1250.